The maximum atomic E-state index is 12.3. The molecule has 1 saturated heterocycles. The molecule has 0 aromatic heterocycles. The zero-order valence-corrected chi connectivity index (χ0v) is 19.4. The van der Waals surface area contributed by atoms with Crippen molar-refractivity contribution in [3.8, 4) is 5.75 Å². The van der Waals surface area contributed by atoms with E-state index in [0.717, 1.165) is 18.7 Å². The van der Waals surface area contributed by atoms with Gasteiger partial charge in [0.25, 0.3) is 0 Å². The van der Waals surface area contributed by atoms with Crippen LogP contribution in [0.5, 0.6) is 5.75 Å². The van der Waals surface area contributed by atoms with Crippen LogP contribution in [0.3, 0.4) is 0 Å². The molecule has 2 aromatic carbocycles. The van der Waals surface area contributed by atoms with Crippen molar-refractivity contribution in [3.63, 3.8) is 0 Å². The predicted molar refractivity (Wildman–Crippen MR) is 125 cm³/mol. The van der Waals surface area contributed by atoms with Crippen molar-refractivity contribution in [2.75, 3.05) is 38.2 Å². The lowest BCUT2D eigenvalue weighted by Gasteiger charge is -2.34. The quantitative estimate of drug-likeness (QED) is 0.319. The van der Waals surface area contributed by atoms with Crippen LogP contribution >= 0.6 is 24.0 Å². The minimum absolute atomic E-state index is 0. The van der Waals surface area contributed by atoms with Crippen molar-refractivity contribution in [3.05, 3.63) is 59.7 Å². The summed E-state index contributed by atoms with van der Waals surface area (Å²) in [6, 6.07) is 13.7. The predicted octanol–water partition coefficient (Wildman–Crippen LogP) is 4.31. The van der Waals surface area contributed by atoms with E-state index in [9.17, 15) is 13.2 Å². The number of ether oxygens (including phenoxy) is 2. The summed E-state index contributed by atoms with van der Waals surface area (Å²) in [4.78, 5) is 6.79. The molecule has 3 N–H and O–H groups in total. The van der Waals surface area contributed by atoms with Gasteiger partial charge in [-0.1, -0.05) is 29.8 Å². The maximum absolute atomic E-state index is 12.3. The molecule has 0 saturated carbocycles. The van der Waals surface area contributed by atoms with Gasteiger partial charge in [-0.25, -0.2) is 0 Å². The summed E-state index contributed by atoms with van der Waals surface area (Å²) < 4.78 is 46.1. The standard InChI is InChI=1S/C21H25F3N4O2.HI/c1-15-3-2-4-16(13-15)19(28-9-11-29-12-10-28)14-26-20(25)27-17-5-7-18(8-6-17)30-21(22,23)24;/h2-8,13,19H,9-12,14H2,1H3,(H3,25,26,27);1H. The van der Waals surface area contributed by atoms with Crippen LogP contribution in [0.15, 0.2) is 53.5 Å². The number of anilines is 1. The van der Waals surface area contributed by atoms with Crippen molar-refractivity contribution < 1.29 is 22.6 Å². The SMILES string of the molecule is Cc1cccc(C(CN=C(N)Nc2ccc(OC(F)(F)F)cc2)N2CCOCC2)c1.I. The van der Waals surface area contributed by atoms with Crippen LogP contribution in [0.4, 0.5) is 18.9 Å². The molecule has 1 aliphatic rings. The maximum Gasteiger partial charge on any atom is 0.573 e. The first-order valence-corrected chi connectivity index (χ1v) is 9.61. The van der Waals surface area contributed by atoms with Crippen LogP contribution in [0.25, 0.3) is 0 Å². The lowest BCUT2D eigenvalue weighted by atomic mass is 10.0. The molecule has 170 valence electrons. The van der Waals surface area contributed by atoms with Gasteiger partial charge in [-0.15, -0.1) is 37.1 Å². The first-order valence-electron chi connectivity index (χ1n) is 9.61. The van der Waals surface area contributed by atoms with Crippen molar-refractivity contribution in [2.24, 2.45) is 10.7 Å². The summed E-state index contributed by atoms with van der Waals surface area (Å²) in [5.74, 6) is -0.110. The van der Waals surface area contributed by atoms with Gasteiger partial charge in [0.15, 0.2) is 5.96 Å². The zero-order chi connectivity index (χ0) is 21.6. The van der Waals surface area contributed by atoms with Gasteiger partial charge in [-0.2, -0.15) is 0 Å². The van der Waals surface area contributed by atoms with Crippen molar-refractivity contribution in [2.45, 2.75) is 19.3 Å². The summed E-state index contributed by atoms with van der Waals surface area (Å²) >= 11 is 0. The number of nitrogens with one attached hydrogen (secondary N) is 1. The average molecular weight is 550 g/mol. The third-order valence-electron chi connectivity index (χ3n) is 4.71. The number of benzene rings is 2. The van der Waals surface area contributed by atoms with Crippen molar-refractivity contribution in [1.82, 2.24) is 4.90 Å². The van der Waals surface area contributed by atoms with E-state index in [0.29, 0.717) is 25.4 Å². The van der Waals surface area contributed by atoms with E-state index in [1.807, 2.05) is 19.1 Å². The Morgan fingerprint density at radius 1 is 1.19 bits per heavy atom. The number of hydrogen-bond acceptors (Lipinski definition) is 4. The highest BCUT2D eigenvalue weighted by Crippen LogP contribution is 2.25. The average Bonchev–Trinajstić information content (AvgIpc) is 2.69. The summed E-state index contributed by atoms with van der Waals surface area (Å²) in [6.45, 7) is 5.45. The van der Waals surface area contributed by atoms with Gasteiger partial charge in [-0.3, -0.25) is 9.89 Å². The Labute approximate surface area is 196 Å². The minimum atomic E-state index is -4.72. The fraction of sp³-hybridized carbons (Fsp3) is 0.381. The van der Waals surface area contributed by atoms with E-state index >= 15 is 0 Å². The molecule has 6 nitrogen and oxygen atoms in total. The van der Waals surface area contributed by atoms with E-state index in [2.05, 4.69) is 32.1 Å². The number of guanidine groups is 1. The first-order chi connectivity index (χ1) is 14.3. The third-order valence-corrected chi connectivity index (χ3v) is 4.71. The summed E-state index contributed by atoms with van der Waals surface area (Å²) in [5, 5.41) is 2.90. The number of rotatable bonds is 6. The van der Waals surface area contributed by atoms with Gasteiger partial charge in [0.05, 0.1) is 25.8 Å². The highest BCUT2D eigenvalue weighted by atomic mass is 127. The number of alkyl halides is 3. The van der Waals surface area contributed by atoms with Crippen molar-refractivity contribution in [1.29, 1.82) is 0 Å². The summed E-state index contributed by atoms with van der Waals surface area (Å²) in [6.07, 6.45) is -4.72. The van der Waals surface area contributed by atoms with E-state index in [1.54, 1.807) is 0 Å². The number of morpholine rings is 1. The van der Waals surface area contributed by atoms with E-state index in [1.165, 1.54) is 29.8 Å². The topological polar surface area (TPSA) is 72.1 Å². The zero-order valence-electron chi connectivity index (χ0n) is 17.1. The van der Waals surface area contributed by atoms with Crippen LogP contribution in [-0.2, 0) is 4.74 Å². The molecule has 1 atom stereocenters. The molecule has 3 rings (SSSR count). The number of nitrogens with two attached hydrogens (primary N) is 1. The molecule has 10 heteroatoms. The van der Waals surface area contributed by atoms with Crippen LogP contribution in [0, 0.1) is 6.92 Å². The Morgan fingerprint density at radius 2 is 1.87 bits per heavy atom. The van der Waals surface area contributed by atoms with Crippen molar-refractivity contribution >= 4 is 35.6 Å². The molecule has 1 fully saturated rings. The number of aliphatic imine (C=N–C) groups is 1. The Balaban J connectivity index is 0.00000341. The minimum Gasteiger partial charge on any atom is -0.406 e. The highest BCUT2D eigenvalue weighted by molar-refractivity contribution is 14.0. The van der Waals surface area contributed by atoms with E-state index < -0.39 is 6.36 Å². The second kappa shape index (κ2) is 11.5. The van der Waals surface area contributed by atoms with Crippen LogP contribution in [0.1, 0.15) is 17.2 Å². The van der Waals surface area contributed by atoms with Gasteiger partial charge >= 0.3 is 6.36 Å². The molecule has 0 spiro atoms. The monoisotopic (exact) mass is 550 g/mol. The fourth-order valence-electron chi connectivity index (χ4n) is 3.31. The lowest BCUT2D eigenvalue weighted by molar-refractivity contribution is -0.274. The Bertz CT molecular complexity index is 856. The third kappa shape index (κ3) is 8.19. The Morgan fingerprint density at radius 3 is 2.48 bits per heavy atom. The lowest BCUT2D eigenvalue weighted by Crippen LogP contribution is -2.40. The summed E-state index contributed by atoms with van der Waals surface area (Å²) in [7, 11) is 0. The molecule has 0 amide bonds. The molecule has 2 aromatic rings. The second-order valence-electron chi connectivity index (χ2n) is 7.00. The molecule has 0 radical (unpaired) electrons. The first kappa shape index (κ1) is 25.2. The smallest absolute Gasteiger partial charge is 0.406 e. The van der Waals surface area contributed by atoms with Crippen LogP contribution in [0.2, 0.25) is 0 Å². The second-order valence-corrected chi connectivity index (χ2v) is 7.00. The number of halogens is 4. The van der Waals surface area contributed by atoms with Gasteiger partial charge < -0.3 is 20.5 Å². The highest BCUT2D eigenvalue weighted by Gasteiger charge is 2.31. The number of hydrogen-bond donors (Lipinski definition) is 2. The van der Waals surface area contributed by atoms with E-state index in [-0.39, 0.29) is 41.7 Å². The normalized spacial score (nSPS) is 16.3. The van der Waals surface area contributed by atoms with Crippen LogP contribution < -0.4 is 15.8 Å². The largest absolute Gasteiger partial charge is 0.573 e. The Kier molecular flexibility index (Phi) is 9.38. The Hall–Kier alpha value is -2.05. The molecule has 1 heterocycles. The number of nitrogens with zero attached hydrogens (tertiary/aromatic N) is 2. The molecular weight excluding hydrogens is 524 g/mol. The molecule has 1 aliphatic heterocycles. The van der Waals surface area contributed by atoms with Gasteiger partial charge in [0.2, 0.25) is 0 Å². The molecule has 0 bridgehead atoms. The molecule has 1 unspecified atom stereocenters. The molecular formula is C21H26F3IN4O2. The van der Waals surface area contributed by atoms with Gasteiger partial charge in [-0.05, 0) is 36.8 Å². The van der Waals surface area contributed by atoms with Crippen LogP contribution in [-0.4, -0.2) is 50.1 Å². The summed E-state index contributed by atoms with van der Waals surface area (Å²) in [5.41, 5.74) is 8.86. The number of aryl methyl sites for hydroxylation is 1. The van der Waals surface area contributed by atoms with Gasteiger partial charge in [0.1, 0.15) is 5.75 Å². The molecule has 0 aliphatic carbocycles. The van der Waals surface area contributed by atoms with Gasteiger partial charge in [0, 0.05) is 18.8 Å². The molecule has 31 heavy (non-hydrogen) atoms. The fourth-order valence-corrected chi connectivity index (χ4v) is 3.31. The van der Waals surface area contributed by atoms with E-state index in [4.69, 9.17) is 10.5 Å².